The quantitative estimate of drug-likeness (QED) is 0.163. The van der Waals surface area contributed by atoms with Crippen LogP contribution in [-0.2, 0) is 5.41 Å². The number of benzene rings is 9. The zero-order valence-electron chi connectivity index (χ0n) is 31.2. The van der Waals surface area contributed by atoms with E-state index in [1.54, 1.807) is 0 Å². The Hall–Kier alpha value is -7.42. The number of anilines is 3. The lowest BCUT2D eigenvalue weighted by molar-refractivity contribution is 0.665. The van der Waals surface area contributed by atoms with Gasteiger partial charge in [-0.05, 0) is 104 Å². The second kappa shape index (κ2) is 13.4. The molecule has 0 unspecified atom stereocenters. The largest absolute Gasteiger partial charge is 0.456 e. The molecule has 0 spiro atoms. The lowest BCUT2D eigenvalue weighted by Gasteiger charge is -2.33. The second-order valence-electron chi connectivity index (χ2n) is 14.9. The van der Waals surface area contributed by atoms with E-state index in [0.29, 0.717) is 0 Å². The molecule has 0 fully saturated rings. The van der Waals surface area contributed by atoms with Crippen molar-refractivity contribution in [3.8, 4) is 33.4 Å². The molecule has 1 aliphatic carbocycles. The minimum absolute atomic E-state index is 0.487. The molecule has 1 aromatic heterocycles. The molecule has 10 aromatic rings. The number of nitrogens with zero attached hydrogens (tertiary/aromatic N) is 1. The molecule has 0 aliphatic heterocycles. The summed E-state index contributed by atoms with van der Waals surface area (Å²) in [7, 11) is 0. The van der Waals surface area contributed by atoms with Crippen molar-refractivity contribution in [2.24, 2.45) is 0 Å². The summed E-state index contributed by atoms with van der Waals surface area (Å²) in [5.74, 6) is 0. The molecule has 0 amide bonds. The highest BCUT2D eigenvalue weighted by atomic mass is 16.3. The van der Waals surface area contributed by atoms with Gasteiger partial charge in [0.15, 0.2) is 0 Å². The van der Waals surface area contributed by atoms with Crippen LogP contribution in [0.4, 0.5) is 17.1 Å². The Kier molecular flexibility index (Phi) is 7.75. The predicted octanol–water partition coefficient (Wildman–Crippen LogP) is 14.8. The maximum absolute atomic E-state index is 6.78. The summed E-state index contributed by atoms with van der Waals surface area (Å²) >= 11 is 0. The van der Waals surface area contributed by atoms with E-state index in [1.165, 1.54) is 55.6 Å². The van der Waals surface area contributed by atoms with Crippen LogP contribution in [0.5, 0.6) is 0 Å². The molecular formula is C55H37NO. The summed E-state index contributed by atoms with van der Waals surface area (Å²) in [5.41, 5.74) is 16.8. The number of rotatable bonds is 7. The average molecular weight is 728 g/mol. The topological polar surface area (TPSA) is 16.4 Å². The van der Waals surface area contributed by atoms with Crippen molar-refractivity contribution in [1.29, 1.82) is 0 Å². The third-order valence-electron chi connectivity index (χ3n) is 11.7. The van der Waals surface area contributed by atoms with Crippen LogP contribution in [0.25, 0.3) is 55.3 Å². The number of hydrogen-bond acceptors (Lipinski definition) is 2. The summed E-state index contributed by atoms with van der Waals surface area (Å²) < 4.78 is 6.78. The fourth-order valence-electron chi connectivity index (χ4n) is 9.19. The molecule has 57 heavy (non-hydrogen) atoms. The van der Waals surface area contributed by atoms with E-state index in [1.807, 2.05) is 0 Å². The van der Waals surface area contributed by atoms with Gasteiger partial charge in [-0.15, -0.1) is 0 Å². The molecule has 1 heterocycles. The highest BCUT2D eigenvalue weighted by Crippen LogP contribution is 2.56. The molecule has 268 valence electrons. The van der Waals surface area contributed by atoms with Gasteiger partial charge in [-0.2, -0.15) is 0 Å². The first kappa shape index (κ1) is 33.0. The van der Waals surface area contributed by atoms with Crippen LogP contribution in [0.15, 0.2) is 229 Å². The standard InChI is InChI=1S/C55H37NO/c1-4-15-38(16-5-1)40-27-30-44(31-28-40)56(45-22-14-19-41(35-45)39-17-6-2-7-18-39)46-32-34-53-50(37-46)49-33-29-43(36-54(49)57-53)55(42-20-8-3-9-21-42)51-25-12-10-23-47(51)48-24-11-13-26-52(48)55/h1-37H. The number of furan rings is 1. The van der Waals surface area contributed by atoms with E-state index >= 15 is 0 Å². The van der Waals surface area contributed by atoms with Crippen molar-refractivity contribution < 1.29 is 4.42 Å². The van der Waals surface area contributed by atoms with E-state index < -0.39 is 5.41 Å². The normalized spacial score (nSPS) is 12.7. The third-order valence-corrected chi connectivity index (χ3v) is 11.7. The lowest BCUT2D eigenvalue weighted by Crippen LogP contribution is -2.28. The van der Waals surface area contributed by atoms with E-state index in [9.17, 15) is 0 Å². The van der Waals surface area contributed by atoms with Crippen LogP contribution < -0.4 is 4.90 Å². The van der Waals surface area contributed by atoms with Crippen molar-refractivity contribution >= 4 is 39.0 Å². The van der Waals surface area contributed by atoms with Crippen molar-refractivity contribution in [2.75, 3.05) is 4.90 Å². The van der Waals surface area contributed by atoms with Gasteiger partial charge < -0.3 is 9.32 Å². The van der Waals surface area contributed by atoms with Crippen molar-refractivity contribution in [3.63, 3.8) is 0 Å². The van der Waals surface area contributed by atoms with Crippen molar-refractivity contribution in [3.05, 3.63) is 247 Å². The van der Waals surface area contributed by atoms with Crippen LogP contribution in [0.2, 0.25) is 0 Å². The second-order valence-corrected chi connectivity index (χ2v) is 14.9. The van der Waals surface area contributed by atoms with E-state index in [0.717, 1.165) is 39.0 Å². The van der Waals surface area contributed by atoms with Crippen molar-refractivity contribution in [1.82, 2.24) is 0 Å². The van der Waals surface area contributed by atoms with E-state index in [-0.39, 0.29) is 0 Å². The Bertz CT molecular complexity index is 3010. The van der Waals surface area contributed by atoms with Crippen molar-refractivity contribution in [2.45, 2.75) is 5.41 Å². The highest BCUT2D eigenvalue weighted by molar-refractivity contribution is 6.07. The summed E-state index contributed by atoms with van der Waals surface area (Å²) in [6.45, 7) is 0. The zero-order valence-corrected chi connectivity index (χ0v) is 31.2. The van der Waals surface area contributed by atoms with E-state index in [4.69, 9.17) is 4.42 Å². The summed E-state index contributed by atoms with van der Waals surface area (Å²) in [4.78, 5) is 2.35. The molecule has 2 heteroatoms. The monoisotopic (exact) mass is 727 g/mol. The maximum atomic E-state index is 6.78. The molecule has 0 radical (unpaired) electrons. The fraction of sp³-hybridized carbons (Fsp3) is 0.0182. The summed E-state index contributed by atoms with van der Waals surface area (Å²) in [5, 5.41) is 2.18. The Labute approximate surface area is 332 Å². The molecule has 0 saturated carbocycles. The molecule has 0 atom stereocenters. The third kappa shape index (κ3) is 5.33. The van der Waals surface area contributed by atoms with Crippen LogP contribution >= 0.6 is 0 Å². The van der Waals surface area contributed by atoms with Crippen LogP contribution in [0, 0.1) is 0 Å². The summed E-state index contributed by atoms with van der Waals surface area (Å²) in [6.07, 6.45) is 0. The lowest BCUT2D eigenvalue weighted by atomic mass is 9.67. The Morgan fingerprint density at radius 3 is 1.54 bits per heavy atom. The smallest absolute Gasteiger partial charge is 0.135 e. The first-order valence-electron chi connectivity index (χ1n) is 19.6. The van der Waals surface area contributed by atoms with Crippen LogP contribution in [0.3, 0.4) is 0 Å². The molecule has 0 N–H and O–H groups in total. The molecule has 9 aromatic carbocycles. The van der Waals surface area contributed by atoms with Gasteiger partial charge in [0.2, 0.25) is 0 Å². The average Bonchev–Trinajstić information content (AvgIpc) is 3.81. The first-order chi connectivity index (χ1) is 28.3. The summed E-state index contributed by atoms with van der Waals surface area (Å²) in [6, 6.07) is 81.0. The zero-order chi connectivity index (χ0) is 37.8. The van der Waals surface area contributed by atoms with Gasteiger partial charge in [-0.3, -0.25) is 0 Å². The van der Waals surface area contributed by atoms with Gasteiger partial charge in [0, 0.05) is 27.8 Å². The molecular weight excluding hydrogens is 691 g/mol. The van der Waals surface area contributed by atoms with Gasteiger partial charge in [0.1, 0.15) is 11.2 Å². The van der Waals surface area contributed by atoms with Crippen LogP contribution in [0.1, 0.15) is 22.3 Å². The fourth-order valence-corrected chi connectivity index (χ4v) is 9.19. The highest BCUT2D eigenvalue weighted by Gasteiger charge is 2.46. The predicted molar refractivity (Wildman–Crippen MR) is 237 cm³/mol. The Balaban J connectivity index is 1.07. The SMILES string of the molecule is c1ccc(-c2ccc(N(c3cccc(-c4ccccc4)c3)c3ccc4oc5cc(C6(c7ccccc7)c7ccccc7-c7ccccc76)ccc5c4c3)cc2)cc1. The molecule has 1 aliphatic rings. The molecule has 11 rings (SSSR count). The molecule has 2 nitrogen and oxygen atoms in total. The first-order valence-corrected chi connectivity index (χ1v) is 19.6. The van der Waals surface area contributed by atoms with Gasteiger partial charge in [0.05, 0.1) is 5.41 Å². The number of hydrogen-bond donors (Lipinski definition) is 0. The van der Waals surface area contributed by atoms with Gasteiger partial charge in [-0.1, -0.05) is 176 Å². The Morgan fingerprint density at radius 2 is 0.860 bits per heavy atom. The van der Waals surface area contributed by atoms with E-state index in [2.05, 4.69) is 229 Å². The maximum Gasteiger partial charge on any atom is 0.135 e. The minimum Gasteiger partial charge on any atom is -0.456 e. The van der Waals surface area contributed by atoms with Crippen LogP contribution in [-0.4, -0.2) is 0 Å². The minimum atomic E-state index is -0.487. The van der Waals surface area contributed by atoms with Gasteiger partial charge in [0.25, 0.3) is 0 Å². The van der Waals surface area contributed by atoms with Gasteiger partial charge in [-0.25, -0.2) is 0 Å². The van der Waals surface area contributed by atoms with Gasteiger partial charge >= 0.3 is 0 Å². The number of fused-ring (bicyclic) bond motifs is 6. The molecule has 0 saturated heterocycles. The molecule has 0 bridgehead atoms. The Morgan fingerprint density at radius 1 is 0.316 bits per heavy atom.